The van der Waals surface area contributed by atoms with Crippen LogP contribution >= 0.6 is 0 Å². The number of carbonyl (C=O) groups is 1. The molecule has 7 nitrogen and oxygen atoms in total. The van der Waals surface area contributed by atoms with E-state index in [-0.39, 0.29) is 18.0 Å². The summed E-state index contributed by atoms with van der Waals surface area (Å²) in [4.78, 5) is 13.3. The molecule has 0 spiro atoms. The van der Waals surface area contributed by atoms with Crippen molar-refractivity contribution < 1.29 is 18.3 Å². The zero-order chi connectivity index (χ0) is 17.2. The van der Waals surface area contributed by atoms with E-state index in [4.69, 9.17) is 5.73 Å². The first kappa shape index (κ1) is 17.9. The number of aliphatic carboxylic acids is 1. The highest BCUT2D eigenvalue weighted by atomic mass is 32.2. The number of aryl methyl sites for hydroxylation is 1. The van der Waals surface area contributed by atoms with E-state index in [1.165, 1.54) is 4.31 Å². The lowest BCUT2D eigenvalue weighted by Crippen LogP contribution is -2.58. The maximum absolute atomic E-state index is 12.6. The lowest BCUT2D eigenvalue weighted by molar-refractivity contribution is -0.144. The van der Waals surface area contributed by atoms with Crippen LogP contribution in [0.4, 0.5) is 0 Å². The van der Waals surface area contributed by atoms with E-state index >= 15 is 0 Å². The Balaban J connectivity index is 2.09. The predicted molar refractivity (Wildman–Crippen MR) is 86.6 cm³/mol. The maximum Gasteiger partial charge on any atom is 0.322 e. The molecule has 2 atom stereocenters. The molecule has 0 saturated carbocycles. The fourth-order valence-electron chi connectivity index (χ4n) is 2.80. The van der Waals surface area contributed by atoms with Crippen molar-refractivity contribution in [1.29, 1.82) is 0 Å². The molecular weight excluding hydrogens is 318 g/mol. The molecule has 2 unspecified atom stereocenters. The molecule has 0 radical (unpaired) electrons. The summed E-state index contributed by atoms with van der Waals surface area (Å²) in [6.07, 6.45) is 0. The summed E-state index contributed by atoms with van der Waals surface area (Å²) in [5, 5.41) is 9.27. The van der Waals surface area contributed by atoms with Crippen molar-refractivity contribution in [1.82, 2.24) is 9.21 Å². The summed E-state index contributed by atoms with van der Waals surface area (Å²) >= 11 is 0. The number of benzene rings is 1. The first-order valence-electron chi connectivity index (χ1n) is 7.52. The predicted octanol–water partition coefficient (Wildman–Crippen LogP) is 0.102. The third-order valence-corrected chi connectivity index (χ3v) is 5.99. The van der Waals surface area contributed by atoms with Crippen LogP contribution < -0.4 is 5.73 Å². The van der Waals surface area contributed by atoms with Crippen LogP contribution in [0.25, 0.3) is 0 Å². The van der Waals surface area contributed by atoms with Gasteiger partial charge in [-0.05, 0) is 26.0 Å². The number of rotatable bonds is 5. The molecule has 1 heterocycles. The minimum absolute atomic E-state index is 0.257. The number of carboxylic acid groups (broad SMARTS) is 1. The van der Waals surface area contributed by atoms with E-state index in [1.807, 2.05) is 6.92 Å². The van der Waals surface area contributed by atoms with Crippen LogP contribution in [0.3, 0.4) is 0 Å². The van der Waals surface area contributed by atoms with Crippen molar-refractivity contribution in [2.45, 2.75) is 30.8 Å². The quantitative estimate of drug-likeness (QED) is 0.787. The Morgan fingerprint density at radius 2 is 1.70 bits per heavy atom. The minimum Gasteiger partial charge on any atom is -0.480 e. The SMILES string of the molecule is Cc1ccc(S(=O)(=O)N2CCN(C(C(=O)O)C(C)N)CC2)cc1. The van der Waals surface area contributed by atoms with Crippen LogP contribution in [0, 0.1) is 6.92 Å². The van der Waals surface area contributed by atoms with Gasteiger partial charge in [-0.3, -0.25) is 9.69 Å². The second-order valence-corrected chi connectivity index (χ2v) is 7.83. The second-order valence-electron chi connectivity index (χ2n) is 5.90. The van der Waals surface area contributed by atoms with E-state index in [9.17, 15) is 18.3 Å². The number of carboxylic acids is 1. The highest BCUT2D eigenvalue weighted by Gasteiger charge is 2.35. The van der Waals surface area contributed by atoms with Crippen molar-refractivity contribution in [2.24, 2.45) is 5.73 Å². The standard InChI is InChI=1S/C15H23N3O4S/c1-11-3-5-13(6-4-11)23(21,22)18-9-7-17(8-10-18)14(12(2)16)15(19)20/h3-6,12,14H,7-10,16H2,1-2H3,(H,19,20). The van der Waals surface area contributed by atoms with Crippen molar-refractivity contribution in [2.75, 3.05) is 26.2 Å². The van der Waals surface area contributed by atoms with Crippen LogP contribution in [0.5, 0.6) is 0 Å². The van der Waals surface area contributed by atoms with Crippen molar-refractivity contribution in [3.05, 3.63) is 29.8 Å². The van der Waals surface area contributed by atoms with Gasteiger partial charge >= 0.3 is 5.97 Å². The fraction of sp³-hybridized carbons (Fsp3) is 0.533. The Hall–Kier alpha value is -1.48. The van der Waals surface area contributed by atoms with Crippen molar-refractivity contribution >= 4 is 16.0 Å². The van der Waals surface area contributed by atoms with Crippen LogP contribution in [0.1, 0.15) is 12.5 Å². The summed E-state index contributed by atoms with van der Waals surface area (Å²) in [7, 11) is -3.54. The van der Waals surface area contributed by atoms with E-state index < -0.39 is 28.1 Å². The summed E-state index contributed by atoms with van der Waals surface area (Å²) in [6, 6.07) is 5.41. The van der Waals surface area contributed by atoms with Gasteiger partial charge < -0.3 is 10.8 Å². The third-order valence-electron chi connectivity index (χ3n) is 4.08. The van der Waals surface area contributed by atoms with Crippen LogP contribution in [0.15, 0.2) is 29.2 Å². The maximum atomic E-state index is 12.6. The Morgan fingerprint density at radius 3 is 2.13 bits per heavy atom. The van der Waals surface area contributed by atoms with Gasteiger partial charge in [0.25, 0.3) is 0 Å². The van der Waals surface area contributed by atoms with Crippen molar-refractivity contribution in [3.8, 4) is 0 Å². The molecular formula is C15H23N3O4S. The minimum atomic E-state index is -3.54. The monoisotopic (exact) mass is 341 g/mol. The Bertz CT molecular complexity index is 650. The fourth-order valence-corrected chi connectivity index (χ4v) is 4.22. The van der Waals surface area contributed by atoms with E-state index in [0.29, 0.717) is 13.1 Å². The van der Waals surface area contributed by atoms with Gasteiger partial charge in [-0.1, -0.05) is 17.7 Å². The molecule has 1 aromatic carbocycles. The van der Waals surface area contributed by atoms with E-state index in [2.05, 4.69) is 0 Å². The number of hydrogen-bond acceptors (Lipinski definition) is 5. The molecule has 1 fully saturated rings. The number of piperazine rings is 1. The average Bonchev–Trinajstić information content (AvgIpc) is 2.47. The molecule has 2 rings (SSSR count). The zero-order valence-corrected chi connectivity index (χ0v) is 14.2. The largest absolute Gasteiger partial charge is 0.480 e. The lowest BCUT2D eigenvalue weighted by Gasteiger charge is -2.38. The highest BCUT2D eigenvalue weighted by molar-refractivity contribution is 7.89. The summed E-state index contributed by atoms with van der Waals surface area (Å²) in [6.45, 7) is 4.76. The molecule has 0 aliphatic carbocycles. The van der Waals surface area contributed by atoms with Crippen LogP contribution in [-0.4, -0.2) is 67.0 Å². The first-order valence-corrected chi connectivity index (χ1v) is 8.96. The number of nitrogens with two attached hydrogens (primary N) is 1. The lowest BCUT2D eigenvalue weighted by atomic mass is 10.1. The zero-order valence-electron chi connectivity index (χ0n) is 13.3. The van der Waals surface area contributed by atoms with Gasteiger partial charge in [-0.25, -0.2) is 8.42 Å². The van der Waals surface area contributed by atoms with Crippen LogP contribution in [0.2, 0.25) is 0 Å². The molecule has 1 aliphatic rings. The van der Waals surface area contributed by atoms with Crippen LogP contribution in [-0.2, 0) is 14.8 Å². The molecule has 23 heavy (non-hydrogen) atoms. The van der Waals surface area contributed by atoms with Gasteiger partial charge in [0.2, 0.25) is 10.0 Å². The average molecular weight is 341 g/mol. The van der Waals surface area contributed by atoms with E-state index in [1.54, 1.807) is 36.1 Å². The topological polar surface area (TPSA) is 104 Å². The van der Waals surface area contributed by atoms with Gasteiger partial charge in [-0.15, -0.1) is 0 Å². The molecule has 1 saturated heterocycles. The highest BCUT2D eigenvalue weighted by Crippen LogP contribution is 2.19. The Labute approximate surface area is 136 Å². The summed E-state index contributed by atoms with van der Waals surface area (Å²) in [5.74, 6) is -0.977. The molecule has 0 aromatic heterocycles. The first-order chi connectivity index (χ1) is 10.7. The molecule has 0 bridgehead atoms. The van der Waals surface area contributed by atoms with Gasteiger partial charge in [0, 0.05) is 32.2 Å². The Kier molecular flexibility index (Phi) is 5.41. The molecule has 0 amide bonds. The molecule has 1 aliphatic heterocycles. The molecule has 8 heteroatoms. The normalized spacial score (nSPS) is 20.1. The Morgan fingerprint density at radius 1 is 1.17 bits per heavy atom. The number of sulfonamides is 1. The molecule has 3 N–H and O–H groups in total. The second kappa shape index (κ2) is 6.96. The molecule has 1 aromatic rings. The summed E-state index contributed by atoms with van der Waals surface area (Å²) < 4.78 is 26.6. The third kappa shape index (κ3) is 3.89. The van der Waals surface area contributed by atoms with Gasteiger partial charge in [0.05, 0.1) is 4.90 Å². The number of hydrogen-bond donors (Lipinski definition) is 2. The molecule has 128 valence electrons. The van der Waals surface area contributed by atoms with Gasteiger partial charge in [0.15, 0.2) is 0 Å². The smallest absolute Gasteiger partial charge is 0.322 e. The van der Waals surface area contributed by atoms with E-state index in [0.717, 1.165) is 5.56 Å². The summed E-state index contributed by atoms with van der Waals surface area (Å²) in [5.41, 5.74) is 6.74. The van der Waals surface area contributed by atoms with Gasteiger partial charge in [-0.2, -0.15) is 4.31 Å². The number of nitrogens with zero attached hydrogens (tertiary/aromatic N) is 2. The van der Waals surface area contributed by atoms with Gasteiger partial charge in [0.1, 0.15) is 6.04 Å². The van der Waals surface area contributed by atoms with Crippen molar-refractivity contribution in [3.63, 3.8) is 0 Å².